The standard InChI is InChI=1S/C14H13ClFN3O/c15-12-8-19-13(17)7-11(12)14(20)18-5-4-9-2-1-3-10(16)6-9/h1-3,6-8H,4-5H2,(H2,17,19)(H,18,20). The molecule has 0 radical (unpaired) electrons. The zero-order valence-corrected chi connectivity index (χ0v) is 11.3. The van der Waals surface area contributed by atoms with Crippen LogP contribution in [0, 0.1) is 5.82 Å². The number of hydrogen-bond donors (Lipinski definition) is 2. The van der Waals surface area contributed by atoms with Crippen molar-refractivity contribution in [2.24, 2.45) is 0 Å². The number of nitrogens with zero attached hydrogens (tertiary/aromatic N) is 1. The first kappa shape index (κ1) is 14.3. The Kier molecular flexibility index (Phi) is 4.53. The molecule has 20 heavy (non-hydrogen) atoms. The van der Waals surface area contributed by atoms with E-state index in [0.29, 0.717) is 13.0 Å². The second kappa shape index (κ2) is 6.34. The molecule has 0 atom stereocenters. The fourth-order valence-electron chi connectivity index (χ4n) is 1.74. The number of carbonyl (C=O) groups excluding carboxylic acids is 1. The molecule has 0 aliphatic heterocycles. The summed E-state index contributed by atoms with van der Waals surface area (Å²) in [6.07, 6.45) is 1.86. The van der Waals surface area contributed by atoms with Gasteiger partial charge >= 0.3 is 0 Å². The number of halogens is 2. The molecule has 0 saturated carbocycles. The number of carbonyl (C=O) groups is 1. The lowest BCUT2D eigenvalue weighted by Gasteiger charge is -2.07. The Bertz CT molecular complexity index is 634. The van der Waals surface area contributed by atoms with E-state index < -0.39 is 0 Å². The average Bonchev–Trinajstić information content (AvgIpc) is 2.41. The molecule has 1 aromatic carbocycles. The summed E-state index contributed by atoms with van der Waals surface area (Å²) in [7, 11) is 0. The Labute approximate surface area is 120 Å². The summed E-state index contributed by atoms with van der Waals surface area (Å²) in [5.41, 5.74) is 6.60. The summed E-state index contributed by atoms with van der Waals surface area (Å²) in [5.74, 6) is -0.399. The predicted molar refractivity (Wildman–Crippen MR) is 76.1 cm³/mol. The summed E-state index contributed by atoms with van der Waals surface area (Å²) in [6, 6.07) is 7.66. The van der Waals surface area contributed by atoms with Crippen molar-refractivity contribution in [1.29, 1.82) is 0 Å². The Morgan fingerprint density at radius 3 is 2.95 bits per heavy atom. The molecule has 2 rings (SSSR count). The minimum Gasteiger partial charge on any atom is -0.384 e. The third-order valence-electron chi connectivity index (χ3n) is 2.71. The molecule has 0 spiro atoms. The third-order valence-corrected chi connectivity index (χ3v) is 3.01. The molecular weight excluding hydrogens is 281 g/mol. The van der Waals surface area contributed by atoms with Crippen molar-refractivity contribution in [1.82, 2.24) is 10.3 Å². The number of amides is 1. The molecule has 104 valence electrons. The van der Waals surface area contributed by atoms with E-state index in [1.165, 1.54) is 24.4 Å². The molecule has 1 heterocycles. The topological polar surface area (TPSA) is 68.0 Å². The summed E-state index contributed by atoms with van der Waals surface area (Å²) in [6.45, 7) is 0.376. The van der Waals surface area contributed by atoms with Gasteiger partial charge in [0.25, 0.3) is 5.91 Å². The normalized spacial score (nSPS) is 10.3. The number of hydrogen-bond acceptors (Lipinski definition) is 3. The highest BCUT2D eigenvalue weighted by Gasteiger charge is 2.10. The van der Waals surface area contributed by atoms with Crippen LogP contribution in [-0.2, 0) is 6.42 Å². The van der Waals surface area contributed by atoms with Crippen LogP contribution in [0.2, 0.25) is 5.02 Å². The average molecular weight is 294 g/mol. The number of anilines is 1. The maximum absolute atomic E-state index is 13.0. The SMILES string of the molecule is Nc1cc(C(=O)NCCc2cccc(F)c2)c(Cl)cn1. The van der Waals surface area contributed by atoms with Gasteiger partial charge in [0, 0.05) is 12.7 Å². The van der Waals surface area contributed by atoms with Crippen LogP contribution in [0.5, 0.6) is 0 Å². The lowest BCUT2D eigenvalue weighted by atomic mass is 10.1. The van der Waals surface area contributed by atoms with Gasteiger partial charge in [-0.1, -0.05) is 23.7 Å². The smallest absolute Gasteiger partial charge is 0.253 e. The second-order valence-electron chi connectivity index (χ2n) is 4.22. The molecule has 4 nitrogen and oxygen atoms in total. The van der Waals surface area contributed by atoms with Crippen LogP contribution in [0.15, 0.2) is 36.5 Å². The van der Waals surface area contributed by atoms with Crippen LogP contribution >= 0.6 is 11.6 Å². The molecule has 1 aromatic heterocycles. The van der Waals surface area contributed by atoms with E-state index in [1.807, 2.05) is 0 Å². The quantitative estimate of drug-likeness (QED) is 0.910. The molecular formula is C14H13ClFN3O. The van der Waals surface area contributed by atoms with Crippen molar-refractivity contribution in [2.75, 3.05) is 12.3 Å². The number of rotatable bonds is 4. The number of benzene rings is 1. The highest BCUT2D eigenvalue weighted by atomic mass is 35.5. The number of aromatic nitrogens is 1. The molecule has 0 bridgehead atoms. The Hall–Kier alpha value is -2.14. The molecule has 3 N–H and O–H groups in total. The van der Waals surface area contributed by atoms with Crippen molar-refractivity contribution < 1.29 is 9.18 Å². The summed E-state index contributed by atoms with van der Waals surface area (Å²) < 4.78 is 13.0. The van der Waals surface area contributed by atoms with Crippen molar-refractivity contribution in [3.8, 4) is 0 Å². The van der Waals surface area contributed by atoms with E-state index in [4.69, 9.17) is 17.3 Å². The monoisotopic (exact) mass is 293 g/mol. The van der Waals surface area contributed by atoms with Crippen LogP contribution in [0.4, 0.5) is 10.2 Å². The second-order valence-corrected chi connectivity index (χ2v) is 4.63. The molecule has 0 fully saturated rings. The lowest BCUT2D eigenvalue weighted by molar-refractivity contribution is 0.0954. The van der Waals surface area contributed by atoms with E-state index in [1.54, 1.807) is 12.1 Å². The van der Waals surface area contributed by atoms with Gasteiger partial charge in [-0.3, -0.25) is 4.79 Å². The minimum absolute atomic E-state index is 0.227. The number of pyridine rings is 1. The Morgan fingerprint density at radius 1 is 1.40 bits per heavy atom. The van der Waals surface area contributed by atoms with Crippen molar-refractivity contribution in [3.05, 3.63) is 58.5 Å². The van der Waals surface area contributed by atoms with Crippen LogP contribution in [0.1, 0.15) is 15.9 Å². The molecule has 2 aromatic rings. The predicted octanol–water partition coefficient (Wildman–Crippen LogP) is 2.43. The van der Waals surface area contributed by atoms with Gasteiger partial charge < -0.3 is 11.1 Å². The fraction of sp³-hybridized carbons (Fsp3) is 0.143. The van der Waals surface area contributed by atoms with Crippen LogP contribution < -0.4 is 11.1 Å². The molecule has 0 unspecified atom stereocenters. The largest absolute Gasteiger partial charge is 0.384 e. The van der Waals surface area contributed by atoms with E-state index in [2.05, 4.69) is 10.3 Å². The summed E-state index contributed by atoms with van der Waals surface area (Å²) in [4.78, 5) is 15.7. The van der Waals surface area contributed by atoms with E-state index in [-0.39, 0.29) is 28.1 Å². The third kappa shape index (κ3) is 3.68. The number of nitrogens with two attached hydrogens (primary N) is 1. The van der Waals surface area contributed by atoms with Gasteiger partial charge in [-0.05, 0) is 30.2 Å². The first-order valence-electron chi connectivity index (χ1n) is 6.00. The fourth-order valence-corrected chi connectivity index (χ4v) is 1.93. The Balaban J connectivity index is 1.94. The maximum atomic E-state index is 13.0. The van der Waals surface area contributed by atoms with Crippen LogP contribution in [0.25, 0.3) is 0 Å². The molecule has 6 heteroatoms. The zero-order valence-electron chi connectivity index (χ0n) is 10.6. The van der Waals surface area contributed by atoms with Crippen molar-refractivity contribution >= 4 is 23.3 Å². The maximum Gasteiger partial charge on any atom is 0.253 e. The van der Waals surface area contributed by atoms with Gasteiger partial charge in [-0.25, -0.2) is 9.37 Å². The van der Waals surface area contributed by atoms with Gasteiger partial charge in [0.15, 0.2) is 0 Å². The van der Waals surface area contributed by atoms with Crippen molar-refractivity contribution in [2.45, 2.75) is 6.42 Å². The lowest BCUT2D eigenvalue weighted by Crippen LogP contribution is -2.26. The van der Waals surface area contributed by atoms with Crippen molar-refractivity contribution in [3.63, 3.8) is 0 Å². The first-order chi connectivity index (χ1) is 9.56. The first-order valence-corrected chi connectivity index (χ1v) is 6.38. The van der Waals surface area contributed by atoms with Gasteiger partial charge in [0.2, 0.25) is 0 Å². The molecule has 0 saturated heterocycles. The molecule has 0 aliphatic carbocycles. The van der Waals surface area contributed by atoms with Gasteiger partial charge in [-0.2, -0.15) is 0 Å². The highest BCUT2D eigenvalue weighted by Crippen LogP contribution is 2.16. The van der Waals surface area contributed by atoms with Crippen LogP contribution in [0.3, 0.4) is 0 Å². The van der Waals surface area contributed by atoms with Gasteiger partial charge in [0.05, 0.1) is 10.6 Å². The van der Waals surface area contributed by atoms with E-state index in [0.717, 1.165) is 5.56 Å². The Morgan fingerprint density at radius 2 is 2.20 bits per heavy atom. The van der Waals surface area contributed by atoms with E-state index >= 15 is 0 Å². The number of nitrogens with one attached hydrogen (secondary N) is 1. The zero-order chi connectivity index (χ0) is 14.5. The van der Waals surface area contributed by atoms with Gasteiger partial charge in [-0.15, -0.1) is 0 Å². The summed E-state index contributed by atoms with van der Waals surface area (Å²) >= 11 is 5.88. The highest BCUT2D eigenvalue weighted by molar-refractivity contribution is 6.33. The van der Waals surface area contributed by atoms with Gasteiger partial charge in [0.1, 0.15) is 11.6 Å². The molecule has 1 amide bonds. The number of nitrogen functional groups attached to an aromatic ring is 1. The summed E-state index contributed by atoms with van der Waals surface area (Å²) in [5, 5.41) is 2.94. The van der Waals surface area contributed by atoms with E-state index in [9.17, 15) is 9.18 Å². The molecule has 0 aliphatic rings. The minimum atomic E-state index is -0.333. The van der Waals surface area contributed by atoms with Crippen LogP contribution in [-0.4, -0.2) is 17.4 Å².